The van der Waals surface area contributed by atoms with E-state index in [4.69, 9.17) is 16.6 Å². The third-order valence-electron chi connectivity index (χ3n) is 3.26. The van der Waals surface area contributed by atoms with Gasteiger partial charge >= 0.3 is 0 Å². The Morgan fingerprint density at radius 1 is 1.38 bits per heavy atom. The van der Waals surface area contributed by atoms with Crippen LogP contribution in [0.15, 0.2) is 12.1 Å². The van der Waals surface area contributed by atoms with Crippen LogP contribution in [0.25, 0.3) is 0 Å². The summed E-state index contributed by atoms with van der Waals surface area (Å²) in [5, 5.41) is 4.60. The number of aromatic nitrogens is 1. The monoisotopic (exact) mass is 343 g/mol. The van der Waals surface area contributed by atoms with Crippen molar-refractivity contribution < 1.29 is 0 Å². The summed E-state index contributed by atoms with van der Waals surface area (Å²) in [6.45, 7) is 8.37. The van der Waals surface area contributed by atoms with E-state index in [0.717, 1.165) is 34.7 Å². The third-order valence-corrected chi connectivity index (χ3v) is 5.93. The Bertz CT molecular complexity index is 579. The number of halogens is 1. The van der Waals surface area contributed by atoms with E-state index < -0.39 is 0 Å². The van der Waals surface area contributed by atoms with Crippen LogP contribution in [-0.2, 0) is 6.54 Å². The van der Waals surface area contributed by atoms with Crippen molar-refractivity contribution in [3.8, 4) is 0 Å². The van der Waals surface area contributed by atoms with Crippen molar-refractivity contribution in [3.63, 3.8) is 0 Å². The fourth-order valence-corrected chi connectivity index (χ4v) is 4.34. The number of nitrogens with zero attached hydrogens (tertiary/aromatic N) is 2. The second-order valence-corrected chi connectivity index (χ2v) is 7.99. The van der Waals surface area contributed by atoms with Crippen LogP contribution < -0.4 is 10.2 Å². The average molecular weight is 344 g/mol. The number of thiazole rings is 1. The molecule has 0 aliphatic carbocycles. The third kappa shape index (κ3) is 4.42. The Balaban J connectivity index is 2.06. The van der Waals surface area contributed by atoms with Crippen molar-refractivity contribution in [2.45, 2.75) is 39.8 Å². The summed E-state index contributed by atoms with van der Waals surface area (Å²) in [6, 6.07) is 4.39. The van der Waals surface area contributed by atoms with Gasteiger partial charge in [0.25, 0.3) is 0 Å². The summed E-state index contributed by atoms with van der Waals surface area (Å²) in [5.41, 5.74) is 1.13. The molecule has 0 spiro atoms. The second kappa shape index (κ2) is 7.58. The molecule has 1 N–H and O–H groups in total. The molecule has 2 aromatic heterocycles. The van der Waals surface area contributed by atoms with E-state index in [1.54, 1.807) is 22.7 Å². The van der Waals surface area contributed by atoms with Crippen LogP contribution >= 0.6 is 34.3 Å². The van der Waals surface area contributed by atoms with Crippen molar-refractivity contribution in [3.05, 3.63) is 31.9 Å². The van der Waals surface area contributed by atoms with Gasteiger partial charge in [-0.05, 0) is 38.9 Å². The molecule has 1 unspecified atom stereocenters. The van der Waals surface area contributed by atoms with Gasteiger partial charge in [0.2, 0.25) is 0 Å². The van der Waals surface area contributed by atoms with Gasteiger partial charge in [0, 0.05) is 22.8 Å². The van der Waals surface area contributed by atoms with E-state index in [1.807, 2.05) is 6.07 Å². The van der Waals surface area contributed by atoms with Crippen LogP contribution in [0.5, 0.6) is 0 Å². The van der Waals surface area contributed by atoms with Crippen molar-refractivity contribution in [1.29, 1.82) is 0 Å². The smallest absolute Gasteiger partial charge is 0.185 e. The lowest BCUT2D eigenvalue weighted by Crippen LogP contribution is -2.18. The number of nitrogens with one attached hydrogen (secondary N) is 1. The summed E-state index contributed by atoms with van der Waals surface area (Å²) >= 11 is 9.39. The summed E-state index contributed by atoms with van der Waals surface area (Å²) < 4.78 is 0.840. The molecule has 2 aromatic rings. The zero-order valence-electron chi connectivity index (χ0n) is 12.9. The SMILES string of the molecule is CCCNC(C)c1sc(N(C)Cc2ccc(Cl)s2)nc1C. The molecule has 0 saturated heterocycles. The van der Waals surface area contributed by atoms with Crippen LogP contribution in [0.3, 0.4) is 0 Å². The molecule has 0 aliphatic rings. The molecule has 0 aromatic carbocycles. The fraction of sp³-hybridized carbons (Fsp3) is 0.533. The van der Waals surface area contributed by atoms with Gasteiger partial charge in [-0.2, -0.15) is 0 Å². The van der Waals surface area contributed by atoms with Crippen LogP contribution in [0, 0.1) is 6.92 Å². The number of hydrogen-bond acceptors (Lipinski definition) is 5. The largest absolute Gasteiger partial charge is 0.346 e. The molecule has 0 saturated carbocycles. The first-order valence-electron chi connectivity index (χ1n) is 7.17. The minimum atomic E-state index is 0.362. The van der Waals surface area contributed by atoms with Crippen molar-refractivity contribution in [2.24, 2.45) is 0 Å². The van der Waals surface area contributed by atoms with Gasteiger partial charge in [-0.1, -0.05) is 18.5 Å². The highest BCUT2D eigenvalue weighted by Gasteiger charge is 2.16. The molecular weight excluding hydrogens is 322 g/mol. The molecule has 0 aliphatic heterocycles. The predicted octanol–water partition coefficient (Wildman–Crippen LogP) is 4.86. The lowest BCUT2D eigenvalue weighted by atomic mass is 10.2. The van der Waals surface area contributed by atoms with Crippen molar-refractivity contribution in [2.75, 3.05) is 18.5 Å². The number of anilines is 1. The Morgan fingerprint density at radius 2 is 2.14 bits per heavy atom. The zero-order valence-corrected chi connectivity index (χ0v) is 15.3. The minimum Gasteiger partial charge on any atom is -0.346 e. The Kier molecular flexibility index (Phi) is 6.05. The zero-order chi connectivity index (χ0) is 15.4. The van der Waals surface area contributed by atoms with Crippen LogP contribution in [0.4, 0.5) is 5.13 Å². The molecule has 0 amide bonds. The van der Waals surface area contributed by atoms with E-state index >= 15 is 0 Å². The fourth-order valence-electron chi connectivity index (χ4n) is 2.15. The number of rotatable bonds is 7. The summed E-state index contributed by atoms with van der Waals surface area (Å²) in [5.74, 6) is 0. The van der Waals surface area contributed by atoms with Gasteiger partial charge < -0.3 is 10.2 Å². The first-order valence-corrected chi connectivity index (χ1v) is 9.18. The Morgan fingerprint density at radius 3 is 2.76 bits per heavy atom. The lowest BCUT2D eigenvalue weighted by Gasteiger charge is -2.14. The molecular formula is C15H22ClN3S2. The molecule has 0 fully saturated rings. The van der Waals surface area contributed by atoms with E-state index in [0.29, 0.717) is 6.04 Å². The molecule has 116 valence electrons. The van der Waals surface area contributed by atoms with Crippen LogP contribution in [0.2, 0.25) is 4.34 Å². The summed E-state index contributed by atoms with van der Waals surface area (Å²) in [6.07, 6.45) is 1.15. The van der Waals surface area contributed by atoms with Gasteiger partial charge in [0.05, 0.1) is 16.6 Å². The minimum absolute atomic E-state index is 0.362. The average Bonchev–Trinajstić information content (AvgIpc) is 3.02. The molecule has 0 bridgehead atoms. The summed E-state index contributed by atoms with van der Waals surface area (Å²) in [7, 11) is 2.08. The maximum absolute atomic E-state index is 5.99. The first kappa shape index (κ1) is 16.7. The summed E-state index contributed by atoms with van der Waals surface area (Å²) in [4.78, 5) is 9.50. The first-order chi connectivity index (χ1) is 10.0. The van der Waals surface area contributed by atoms with E-state index in [-0.39, 0.29) is 0 Å². The van der Waals surface area contributed by atoms with Gasteiger partial charge in [-0.3, -0.25) is 0 Å². The standard InChI is InChI=1S/C15H22ClN3S2/c1-5-8-17-10(2)14-11(3)18-15(21-14)19(4)9-12-6-7-13(16)20-12/h6-7,10,17H,5,8-9H2,1-4H3. The van der Waals surface area contributed by atoms with E-state index in [9.17, 15) is 0 Å². The topological polar surface area (TPSA) is 28.2 Å². The maximum atomic E-state index is 5.99. The Labute approximate surface area is 140 Å². The predicted molar refractivity (Wildman–Crippen MR) is 95.0 cm³/mol. The molecule has 6 heteroatoms. The van der Waals surface area contributed by atoms with Crippen molar-refractivity contribution in [1.82, 2.24) is 10.3 Å². The van der Waals surface area contributed by atoms with E-state index in [2.05, 4.69) is 44.1 Å². The van der Waals surface area contributed by atoms with Crippen LogP contribution in [0.1, 0.15) is 41.8 Å². The quantitative estimate of drug-likeness (QED) is 0.777. The number of aryl methyl sites for hydroxylation is 1. The normalized spacial score (nSPS) is 12.6. The molecule has 1 atom stereocenters. The highest BCUT2D eigenvalue weighted by molar-refractivity contribution is 7.16. The molecule has 21 heavy (non-hydrogen) atoms. The second-order valence-electron chi connectivity index (χ2n) is 5.18. The molecule has 3 nitrogen and oxygen atoms in total. The highest BCUT2D eigenvalue weighted by atomic mass is 35.5. The molecule has 2 rings (SSSR count). The molecule has 0 radical (unpaired) electrons. The van der Waals surface area contributed by atoms with Gasteiger partial charge in [-0.15, -0.1) is 22.7 Å². The van der Waals surface area contributed by atoms with Crippen molar-refractivity contribution >= 4 is 39.4 Å². The van der Waals surface area contributed by atoms with E-state index in [1.165, 1.54) is 9.75 Å². The van der Waals surface area contributed by atoms with Gasteiger partial charge in [0.15, 0.2) is 5.13 Å². The maximum Gasteiger partial charge on any atom is 0.185 e. The number of hydrogen-bond donors (Lipinski definition) is 1. The van der Waals surface area contributed by atoms with Gasteiger partial charge in [0.1, 0.15) is 0 Å². The Hall–Kier alpha value is -0.620. The van der Waals surface area contributed by atoms with Gasteiger partial charge in [-0.25, -0.2) is 4.98 Å². The lowest BCUT2D eigenvalue weighted by molar-refractivity contribution is 0.575. The van der Waals surface area contributed by atoms with Crippen LogP contribution in [-0.4, -0.2) is 18.6 Å². The molecule has 2 heterocycles. The highest BCUT2D eigenvalue weighted by Crippen LogP contribution is 2.32. The number of thiophene rings is 1.